The van der Waals surface area contributed by atoms with Gasteiger partial charge in [-0.15, -0.1) is 0 Å². The average Bonchev–Trinajstić information content (AvgIpc) is 2.62. The lowest BCUT2D eigenvalue weighted by Crippen LogP contribution is -2.41. The van der Waals surface area contributed by atoms with Gasteiger partial charge in [0.05, 0.1) is 6.04 Å². The first-order valence-corrected chi connectivity index (χ1v) is 8.54. The molecule has 0 radical (unpaired) electrons. The number of hydrogen-bond donors (Lipinski definition) is 3. The van der Waals surface area contributed by atoms with E-state index in [1.165, 1.54) is 0 Å². The van der Waals surface area contributed by atoms with Crippen molar-refractivity contribution in [3.8, 4) is 0 Å². The van der Waals surface area contributed by atoms with Crippen LogP contribution in [0.25, 0.3) is 0 Å². The third-order valence-electron chi connectivity index (χ3n) is 3.82. The van der Waals surface area contributed by atoms with Crippen molar-refractivity contribution in [3.05, 3.63) is 65.7 Å². The van der Waals surface area contributed by atoms with E-state index >= 15 is 0 Å². The number of rotatable bonds is 8. The Balaban J connectivity index is 1.80. The Morgan fingerprint density at radius 3 is 2.32 bits per heavy atom. The van der Waals surface area contributed by atoms with Crippen molar-refractivity contribution in [2.45, 2.75) is 38.8 Å². The van der Waals surface area contributed by atoms with Crippen LogP contribution in [0.2, 0.25) is 0 Å². The Morgan fingerprint density at radius 1 is 1.00 bits per heavy atom. The van der Waals surface area contributed by atoms with E-state index in [1.54, 1.807) is 0 Å². The first kappa shape index (κ1) is 18.7. The normalized spacial score (nSPS) is 11.6. The second-order valence-corrected chi connectivity index (χ2v) is 6.01. The fourth-order valence-electron chi connectivity index (χ4n) is 2.44. The van der Waals surface area contributed by atoms with Crippen LogP contribution in [0.15, 0.2) is 54.6 Å². The van der Waals surface area contributed by atoms with Crippen molar-refractivity contribution in [2.75, 3.05) is 5.32 Å². The molecule has 0 bridgehead atoms. The van der Waals surface area contributed by atoms with Crippen molar-refractivity contribution < 1.29 is 9.59 Å². The monoisotopic (exact) mass is 339 g/mol. The highest BCUT2D eigenvalue weighted by Crippen LogP contribution is 2.10. The molecule has 5 heteroatoms. The maximum Gasteiger partial charge on any atom is 0.237 e. The predicted octanol–water partition coefficient (Wildman–Crippen LogP) is 2.61. The highest BCUT2D eigenvalue weighted by molar-refractivity contribution is 5.90. The fraction of sp³-hybridized carbons (Fsp3) is 0.300. The molecule has 0 saturated heterocycles. The molecule has 0 unspecified atom stereocenters. The molecule has 0 aromatic heterocycles. The topological polar surface area (TPSA) is 84.2 Å². The van der Waals surface area contributed by atoms with Gasteiger partial charge in [0.15, 0.2) is 0 Å². The zero-order chi connectivity index (χ0) is 18.1. The van der Waals surface area contributed by atoms with Gasteiger partial charge < -0.3 is 16.4 Å². The van der Waals surface area contributed by atoms with E-state index in [9.17, 15) is 9.59 Å². The SMILES string of the molecule is CCCC(=O)Nc1ccc(CNC(=O)[C@@H](N)Cc2ccccc2)cc1. The zero-order valence-corrected chi connectivity index (χ0v) is 14.5. The maximum atomic E-state index is 12.1. The van der Waals surface area contributed by atoms with Crippen LogP contribution < -0.4 is 16.4 Å². The van der Waals surface area contributed by atoms with Crippen LogP contribution in [0.4, 0.5) is 5.69 Å². The molecular weight excluding hydrogens is 314 g/mol. The number of hydrogen-bond acceptors (Lipinski definition) is 3. The summed E-state index contributed by atoms with van der Waals surface area (Å²) in [4.78, 5) is 23.7. The van der Waals surface area contributed by atoms with Gasteiger partial charge in [0.2, 0.25) is 11.8 Å². The molecule has 2 amide bonds. The largest absolute Gasteiger partial charge is 0.351 e. The summed E-state index contributed by atoms with van der Waals surface area (Å²) < 4.78 is 0. The van der Waals surface area contributed by atoms with Crippen molar-refractivity contribution in [2.24, 2.45) is 5.73 Å². The van der Waals surface area contributed by atoms with Gasteiger partial charge in [0, 0.05) is 18.7 Å². The molecule has 132 valence electrons. The third-order valence-corrected chi connectivity index (χ3v) is 3.82. The van der Waals surface area contributed by atoms with Crippen LogP contribution in [-0.4, -0.2) is 17.9 Å². The van der Waals surface area contributed by atoms with Crippen LogP contribution in [0.1, 0.15) is 30.9 Å². The number of nitrogens with one attached hydrogen (secondary N) is 2. The van der Waals surface area contributed by atoms with Crippen molar-refractivity contribution >= 4 is 17.5 Å². The fourth-order valence-corrected chi connectivity index (χ4v) is 2.44. The van der Waals surface area contributed by atoms with Crippen LogP contribution in [0, 0.1) is 0 Å². The predicted molar refractivity (Wildman–Crippen MR) is 99.9 cm³/mol. The first-order chi connectivity index (χ1) is 12.1. The molecule has 2 aromatic rings. The minimum Gasteiger partial charge on any atom is -0.351 e. The molecule has 4 N–H and O–H groups in total. The molecule has 2 aromatic carbocycles. The minimum absolute atomic E-state index is 0.00967. The van der Waals surface area contributed by atoms with Crippen LogP contribution in [0.3, 0.4) is 0 Å². The van der Waals surface area contributed by atoms with Crippen molar-refractivity contribution in [3.63, 3.8) is 0 Å². The van der Waals surface area contributed by atoms with E-state index in [1.807, 2.05) is 61.5 Å². The smallest absolute Gasteiger partial charge is 0.237 e. The number of carbonyl (C=O) groups is 2. The Hall–Kier alpha value is -2.66. The van der Waals surface area contributed by atoms with E-state index in [4.69, 9.17) is 5.73 Å². The highest BCUT2D eigenvalue weighted by atomic mass is 16.2. The van der Waals surface area contributed by atoms with Gasteiger partial charge in [-0.05, 0) is 36.1 Å². The summed E-state index contributed by atoms with van der Waals surface area (Å²) in [5, 5.41) is 5.68. The summed E-state index contributed by atoms with van der Waals surface area (Å²) in [6.07, 6.45) is 1.84. The highest BCUT2D eigenvalue weighted by Gasteiger charge is 2.13. The van der Waals surface area contributed by atoms with Crippen molar-refractivity contribution in [1.29, 1.82) is 0 Å². The third kappa shape index (κ3) is 6.39. The standard InChI is InChI=1S/C20H25N3O2/c1-2-6-19(24)23-17-11-9-16(10-12-17)14-22-20(25)18(21)13-15-7-4-3-5-8-15/h3-5,7-12,18H,2,6,13-14,21H2,1H3,(H,22,25)(H,23,24)/t18-/m0/s1. The van der Waals surface area contributed by atoms with Gasteiger partial charge in [-0.2, -0.15) is 0 Å². The number of nitrogens with two attached hydrogens (primary N) is 1. The summed E-state index contributed by atoms with van der Waals surface area (Å²) in [5.74, 6) is -0.167. The van der Waals surface area contributed by atoms with Crippen LogP contribution in [-0.2, 0) is 22.6 Å². The molecule has 0 aliphatic rings. The van der Waals surface area contributed by atoms with E-state index in [0.29, 0.717) is 19.4 Å². The Bertz CT molecular complexity index is 684. The number of carbonyl (C=O) groups excluding carboxylic acids is 2. The van der Waals surface area contributed by atoms with E-state index < -0.39 is 6.04 Å². The summed E-state index contributed by atoms with van der Waals surface area (Å²) in [6.45, 7) is 2.37. The summed E-state index contributed by atoms with van der Waals surface area (Å²) in [6, 6.07) is 16.6. The van der Waals surface area contributed by atoms with Crippen LogP contribution >= 0.6 is 0 Å². The summed E-state index contributed by atoms with van der Waals surface area (Å²) in [5.41, 5.74) is 8.71. The molecule has 0 aliphatic heterocycles. The second kappa shape index (κ2) is 9.59. The van der Waals surface area contributed by atoms with Gasteiger partial charge in [-0.25, -0.2) is 0 Å². The maximum absolute atomic E-state index is 12.1. The van der Waals surface area contributed by atoms with Gasteiger partial charge in [-0.1, -0.05) is 49.4 Å². The minimum atomic E-state index is -0.574. The molecular formula is C20H25N3O2. The van der Waals surface area contributed by atoms with E-state index in [-0.39, 0.29) is 11.8 Å². The summed E-state index contributed by atoms with van der Waals surface area (Å²) >= 11 is 0. The lowest BCUT2D eigenvalue weighted by Gasteiger charge is -2.13. The molecule has 0 heterocycles. The molecule has 2 rings (SSSR count). The number of anilines is 1. The molecule has 0 fully saturated rings. The van der Waals surface area contributed by atoms with Crippen molar-refractivity contribution in [1.82, 2.24) is 5.32 Å². The molecule has 0 saturated carbocycles. The Labute approximate surface area is 148 Å². The molecule has 5 nitrogen and oxygen atoms in total. The lowest BCUT2D eigenvalue weighted by atomic mass is 10.1. The quantitative estimate of drug-likeness (QED) is 0.691. The summed E-state index contributed by atoms with van der Waals surface area (Å²) in [7, 11) is 0. The Morgan fingerprint density at radius 2 is 1.68 bits per heavy atom. The van der Waals surface area contributed by atoms with Gasteiger partial charge >= 0.3 is 0 Å². The average molecular weight is 339 g/mol. The lowest BCUT2D eigenvalue weighted by molar-refractivity contribution is -0.122. The second-order valence-electron chi connectivity index (χ2n) is 6.01. The van der Waals surface area contributed by atoms with Gasteiger partial charge in [0.1, 0.15) is 0 Å². The zero-order valence-electron chi connectivity index (χ0n) is 14.5. The molecule has 0 aliphatic carbocycles. The van der Waals surface area contributed by atoms with E-state index in [2.05, 4.69) is 10.6 Å². The van der Waals surface area contributed by atoms with Gasteiger partial charge in [0.25, 0.3) is 0 Å². The van der Waals surface area contributed by atoms with E-state index in [0.717, 1.165) is 23.2 Å². The van der Waals surface area contributed by atoms with Gasteiger partial charge in [-0.3, -0.25) is 9.59 Å². The first-order valence-electron chi connectivity index (χ1n) is 8.54. The van der Waals surface area contributed by atoms with Crippen LogP contribution in [0.5, 0.6) is 0 Å². The molecule has 1 atom stereocenters. The molecule has 0 spiro atoms. The Kier molecular flexibility index (Phi) is 7.16. The number of benzene rings is 2. The molecule has 25 heavy (non-hydrogen) atoms. The number of amides is 2.